The van der Waals surface area contributed by atoms with Crippen LogP contribution in [-0.4, -0.2) is 30.0 Å². The standard InChI is InChI=1S/C20H21N3O/c24-20(17-12-16(17)14-4-3-9-21-13-14)23-11-10-22(15-7-8-15)18-5-1-2-6-19(18)23/h1-6,9,13,15-17H,7-8,10-12H2/t16-,17+/m0/s1. The van der Waals surface area contributed by atoms with Gasteiger partial charge in [-0.05, 0) is 48.9 Å². The quantitative estimate of drug-likeness (QED) is 0.872. The molecule has 0 N–H and O–H groups in total. The van der Waals surface area contributed by atoms with Crippen LogP contribution in [0.3, 0.4) is 0 Å². The normalized spacial score (nSPS) is 25.3. The molecule has 3 aliphatic rings. The van der Waals surface area contributed by atoms with Gasteiger partial charge in [-0.2, -0.15) is 0 Å². The van der Waals surface area contributed by atoms with Crippen molar-refractivity contribution in [3.05, 3.63) is 54.4 Å². The van der Waals surface area contributed by atoms with E-state index in [1.165, 1.54) is 24.1 Å². The van der Waals surface area contributed by atoms with Crippen LogP contribution in [0.5, 0.6) is 0 Å². The average Bonchev–Trinajstić information content (AvgIpc) is 3.54. The van der Waals surface area contributed by atoms with Gasteiger partial charge < -0.3 is 9.80 Å². The predicted octanol–water partition coefficient (Wildman–Crippen LogP) is 3.20. The zero-order valence-electron chi connectivity index (χ0n) is 13.6. The van der Waals surface area contributed by atoms with Crippen LogP contribution in [-0.2, 0) is 4.79 Å². The molecule has 0 saturated heterocycles. The number of aromatic nitrogens is 1. The van der Waals surface area contributed by atoms with Crippen molar-refractivity contribution in [2.24, 2.45) is 5.92 Å². The Kier molecular flexibility index (Phi) is 3.12. The summed E-state index contributed by atoms with van der Waals surface area (Å²) in [5.41, 5.74) is 3.52. The minimum atomic E-state index is 0.120. The topological polar surface area (TPSA) is 36.4 Å². The van der Waals surface area contributed by atoms with Gasteiger partial charge in [0, 0.05) is 37.4 Å². The molecule has 4 heteroatoms. The molecule has 5 rings (SSSR count). The van der Waals surface area contributed by atoms with Gasteiger partial charge in [-0.25, -0.2) is 0 Å². The van der Waals surface area contributed by atoms with Gasteiger partial charge in [0.15, 0.2) is 0 Å². The van der Waals surface area contributed by atoms with E-state index < -0.39 is 0 Å². The molecule has 0 bridgehead atoms. The number of anilines is 2. The van der Waals surface area contributed by atoms with Gasteiger partial charge in [0.2, 0.25) is 5.91 Å². The third-order valence-electron chi connectivity index (χ3n) is 5.52. The predicted molar refractivity (Wildman–Crippen MR) is 94.2 cm³/mol. The number of carbonyl (C=O) groups excluding carboxylic acids is 1. The molecular weight excluding hydrogens is 298 g/mol. The Morgan fingerprint density at radius 1 is 1.04 bits per heavy atom. The maximum atomic E-state index is 13.1. The van der Waals surface area contributed by atoms with E-state index in [0.29, 0.717) is 12.0 Å². The zero-order chi connectivity index (χ0) is 16.1. The van der Waals surface area contributed by atoms with Crippen LogP contribution in [0.25, 0.3) is 0 Å². The molecule has 2 saturated carbocycles. The fourth-order valence-corrected chi connectivity index (χ4v) is 4.01. The second kappa shape index (κ2) is 5.33. The number of benzene rings is 1. The first-order chi connectivity index (χ1) is 11.8. The largest absolute Gasteiger partial charge is 0.365 e. The summed E-state index contributed by atoms with van der Waals surface area (Å²) in [6.07, 6.45) is 7.21. The Morgan fingerprint density at radius 3 is 2.62 bits per heavy atom. The van der Waals surface area contributed by atoms with Crippen LogP contribution in [0.4, 0.5) is 11.4 Å². The summed E-state index contributed by atoms with van der Waals surface area (Å²) in [6, 6.07) is 13.1. The van der Waals surface area contributed by atoms with E-state index >= 15 is 0 Å². The van der Waals surface area contributed by atoms with Crippen molar-refractivity contribution in [1.29, 1.82) is 0 Å². The third-order valence-corrected chi connectivity index (χ3v) is 5.52. The molecule has 0 spiro atoms. The van der Waals surface area contributed by atoms with Gasteiger partial charge >= 0.3 is 0 Å². The number of pyridine rings is 1. The molecule has 2 heterocycles. The molecule has 1 aromatic carbocycles. The Labute approximate surface area is 142 Å². The van der Waals surface area contributed by atoms with Crippen LogP contribution < -0.4 is 9.80 Å². The molecule has 1 amide bonds. The molecule has 0 radical (unpaired) electrons. The van der Waals surface area contributed by atoms with Gasteiger partial charge in [-0.1, -0.05) is 18.2 Å². The highest BCUT2D eigenvalue weighted by Gasteiger charge is 2.47. The van der Waals surface area contributed by atoms with E-state index in [9.17, 15) is 4.79 Å². The third kappa shape index (κ3) is 2.29. The summed E-state index contributed by atoms with van der Waals surface area (Å²) in [7, 11) is 0. The van der Waals surface area contributed by atoms with Crippen LogP contribution in [0.1, 0.15) is 30.7 Å². The van der Waals surface area contributed by atoms with Gasteiger partial charge in [0.25, 0.3) is 0 Å². The Bertz CT molecular complexity index is 771. The molecule has 24 heavy (non-hydrogen) atoms. The van der Waals surface area contributed by atoms with E-state index in [4.69, 9.17) is 0 Å². The molecule has 2 fully saturated rings. The van der Waals surface area contributed by atoms with E-state index in [2.05, 4.69) is 34.1 Å². The number of para-hydroxylation sites is 2. The first kappa shape index (κ1) is 14.0. The lowest BCUT2D eigenvalue weighted by molar-refractivity contribution is -0.119. The minimum Gasteiger partial charge on any atom is -0.365 e. The van der Waals surface area contributed by atoms with E-state index in [1.807, 2.05) is 23.2 Å². The van der Waals surface area contributed by atoms with Crippen LogP contribution in [0, 0.1) is 5.92 Å². The smallest absolute Gasteiger partial charge is 0.230 e. The molecule has 2 aliphatic carbocycles. The fraction of sp³-hybridized carbons (Fsp3) is 0.400. The average molecular weight is 319 g/mol. The van der Waals surface area contributed by atoms with Crippen LogP contribution >= 0.6 is 0 Å². The molecular formula is C20H21N3O. The minimum absolute atomic E-state index is 0.120. The molecule has 4 nitrogen and oxygen atoms in total. The summed E-state index contributed by atoms with van der Waals surface area (Å²) in [6.45, 7) is 1.76. The highest BCUT2D eigenvalue weighted by atomic mass is 16.2. The molecule has 2 atom stereocenters. The van der Waals surface area contributed by atoms with E-state index in [-0.39, 0.29) is 11.8 Å². The maximum absolute atomic E-state index is 13.1. The van der Waals surface area contributed by atoms with Crippen molar-refractivity contribution in [2.45, 2.75) is 31.2 Å². The Hall–Kier alpha value is -2.36. The van der Waals surface area contributed by atoms with Crippen molar-refractivity contribution < 1.29 is 4.79 Å². The summed E-state index contributed by atoms with van der Waals surface area (Å²) in [5.74, 6) is 0.751. The van der Waals surface area contributed by atoms with Crippen molar-refractivity contribution >= 4 is 17.3 Å². The number of carbonyl (C=O) groups is 1. The molecule has 1 aliphatic heterocycles. The Balaban J connectivity index is 1.39. The summed E-state index contributed by atoms with van der Waals surface area (Å²) in [4.78, 5) is 21.8. The van der Waals surface area contributed by atoms with E-state index in [1.54, 1.807) is 6.20 Å². The number of nitrogens with zero attached hydrogens (tertiary/aromatic N) is 3. The SMILES string of the molecule is O=C([C@@H]1C[C@H]1c1cccnc1)N1CCN(C2CC2)c2ccccc21. The molecule has 122 valence electrons. The molecule has 1 aromatic heterocycles. The first-order valence-corrected chi connectivity index (χ1v) is 8.90. The number of rotatable bonds is 3. The highest BCUT2D eigenvalue weighted by molar-refractivity contribution is 6.01. The highest BCUT2D eigenvalue weighted by Crippen LogP contribution is 2.50. The van der Waals surface area contributed by atoms with E-state index in [0.717, 1.165) is 25.2 Å². The lowest BCUT2D eigenvalue weighted by Gasteiger charge is -2.38. The monoisotopic (exact) mass is 319 g/mol. The summed E-state index contributed by atoms with van der Waals surface area (Å²) >= 11 is 0. The lowest BCUT2D eigenvalue weighted by atomic mass is 10.1. The van der Waals surface area contributed by atoms with Crippen molar-refractivity contribution in [1.82, 2.24) is 4.98 Å². The second-order valence-corrected chi connectivity index (χ2v) is 7.14. The molecule has 0 unspecified atom stereocenters. The summed E-state index contributed by atoms with van der Waals surface area (Å²) < 4.78 is 0. The fourth-order valence-electron chi connectivity index (χ4n) is 4.01. The van der Waals surface area contributed by atoms with Gasteiger partial charge in [-0.15, -0.1) is 0 Å². The van der Waals surface area contributed by atoms with Crippen molar-refractivity contribution in [3.8, 4) is 0 Å². The lowest BCUT2D eigenvalue weighted by Crippen LogP contribution is -2.45. The Morgan fingerprint density at radius 2 is 1.88 bits per heavy atom. The van der Waals surface area contributed by atoms with Gasteiger partial charge in [0.05, 0.1) is 11.4 Å². The number of hydrogen-bond acceptors (Lipinski definition) is 3. The first-order valence-electron chi connectivity index (χ1n) is 8.90. The number of amides is 1. The zero-order valence-corrected chi connectivity index (χ0v) is 13.6. The van der Waals surface area contributed by atoms with Crippen molar-refractivity contribution in [2.75, 3.05) is 22.9 Å². The van der Waals surface area contributed by atoms with Gasteiger partial charge in [-0.3, -0.25) is 9.78 Å². The molecule has 2 aromatic rings. The maximum Gasteiger partial charge on any atom is 0.230 e. The van der Waals surface area contributed by atoms with Crippen molar-refractivity contribution in [3.63, 3.8) is 0 Å². The van der Waals surface area contributed by atoms with Crippen LogP contribution in [0.2, 0.25) is 0 Å². The summed E-state index contributed by atoms with van der Waals surface area (Å²) in [5, 5.41) is 0. The second-order valence-electron chi connectivity index (χ2n) is 7.14. The number of hydrogen-bond donors (Lipinski definition) is 0. The number of fused-ring (bicyclic) bond motifs is 1. The van der Waals surface area contributed by atoms with Gasteiger partial charge in [0.1, 0.15) is 0 Å². The van der Waals surface area contributed by atoms with Crippen LogP contribution in [0.15, 0.2) is 48.8 Å².